The zero-order chi connectivity index (χ0) is 13.7. The lowest BCUT2D eigenvalue weighted by molar-refractivity contribution is 0.346. The number of aromatic nitrogens is 1. The van der Waals surface area contributed by atoms with Crippen LogP contribution >= 0.6 is 0 Å². The minimum absolute atomic E-state index is 0.263. The minimum atomic E-state index is -3.38. The van der Waals surface area contributed by atoms with Crippen LogP contribution in [-0.4, -0.2) is 37.3 Å². The van der Waals surface area contributed by atoms with E-state index in [2.05, 4.69) is 16.9 Å². The van der Waals surface area contributed by atoms with E-state index in [0.717, 1.165) is 19.3 Å². The number of nitrogens with zero attached hydrogens (tertiary/aromatic N) is 2. The summed E-state index contributed by atoms with van der Waals surface area (Å²) in [4.78, 5) is 4.38. The first-order valence-electron chi connectivity index (χ1n) is 6.45. The fourth-order valence-corrected chi connectivity index (χ4v) is 3.53. The highest BCUT2D eigenvalue weighted by atomic mass is 32.2. The van der Waals surface area contributed by atoms with Gasteiger partial charge < -0.3 is 5.32 Å². The molecular formula is C13H19N3O2S. The Morgan fingerprint density at radius 3 is 2.63 bits per heavy atom. The van der Waals surface area contributed by atoms with Gasteiger partial charge in [0.05, 0.1) is 0 Å². The molecular weight excluding hydrogens is 262 g/mol. The van der Waals surface area contributed by atoms with Gasteiger partial charge in [-0.05, 0) is 25.0 Å². The molecule has 1 aliphatic heterocycles. The lowest BCUT2D eigenvalue weighted by atomic mass is 10.2. The van der Waals surface area contributed by atoms with E-state index in [4.69, 9.17) is 0 Å². The van der Waals surface area contributed by atoms with Crippen LogP contribution in [0.15, 0.2) is 35.9 Å². The van der Waals surface area contributed by atoms with Crippen LogP contribution in [0.1, 0.15) is 19.3 Å². The molecule has 1 aromatic heterocycles. The fraction of sp³-hybridized carbons (Fsp3) is 0.462. The SMILES string of the molecule is C=CCNc1ccc(S(=O)(=O)N2CCCCC2)cn1. The highest BCUT2D eigenvalue weighted by Gasteiger charge is 2.25. The largest absolute Gasteiger partial charge is 0.367 e. The third kappa shape index (κ3) is 3.33. The fourth-order valence-electron chi connectivity index (χ4n) is 2.07. The second-order valence-electron chi connectivity index (χ2n) is 4.51. The topological polar surface area (TPSA) is 62.3 Å². The monoisotopic (exact) mass is 281 g/mol. The molecule has 1 fully saturated rings. The Morgan fingerprint density at radius 1 is 1.32 bits per heavy atom. The Bertz CT molecular complexity index is 519. The quantitative estimate of drug-likeness (QED) is 0.837. The minimum Gasteiger partial charge on any atom is -0.367 e. The summed E-state index contributed by atoms with van der Waals surface area (Å²) < 4.78 is 26.3. The maximum Gasteiger partial charge on any atom is 0.244 e. The molecule has 1 saturated heterocycles. The van der Waals surface area contributed by atoms with Crippen molar-refractivity contribution in [1.82, 2.24) is 9.29 Å². The highest BCUT2D eigenvalue weighted by molar-refractivity contribution is 7.89. The molecule has 104 valence electrons. The van der Waals surface area contributed by atoms with Crippen molar-refractivity contribution in [3.8, 4) is 0 Å². The number of pyridine rings is 1. The summed E-state index contributed by atoms with van der Waals surface area (Å²) in [6.45, 7) is 5.42. The summed E-state index contributed by atoms with van der Waals surface area (Å²) in [5.41, 5.74) is 0. The Labute approximate surface area is 114 Å². The van der Waals surface area contributed by atoms with Gasteiger partial charge >= 0.3 is 0 Å². The van der Waals surface area contributed by atoms with E-state index in [0.29, 0.717) is 25.5 Å². The van der Waals surface area contributed by atoms with Crippen LogP contribution in [0.3, 0.4) is 0 Å². The first-order valence-corrected chi connectivity index (χ1v) is 7.89. The maximum absolute atomic E-state index is 12.4. The Kier molecular flexibility index (Phi) is 4.55. The average Bonchev–Trinajstić information content (AvgIpc) is 2.46. The van der Waals surface area contributed by atoms with E-state index >= 15 is 0 Å². The summed E-state index contributed by atoms with van der Waals surface area (Å²) in [6.07, 6.45) is 6.11. The predicted octanol–water partition coefficient (Wildman–Crippen LogP) is 1.85. The lowest BCUT2D eigenvalue weighted by Crippen LogP contribution is -2.35. The summed E-state index contributed by atoms with van der Waals surface area (Å²) in [6, 6.07) is 3.28. The van der Waals surface area contributed by atoms with Crippen molar-refractivity contribution in [2.45, 2.75) is 24.2 Å². The molecule has 0 aliphatic carbocycles. The van der Waals surface area contributed by atoms with Crippen molar-refractivity contribution < 1.29 is 8.42 Å². The summed E-state index contributed by atoms with van der Waals surface area (Å²) >= 11 is 0. The van der Waals surface area contributed by atoms with E-state index in [1.54, 1.807) is 22.5 Å². The van der Waals surface area contributed by atoms with Gasteiger partial charge in [-0.3, -0.25) is 0 Å². The molecule has 1 N–H and O–H groups in total. The molecule has 19 heavy (non-hydrogen) atoms. The van der Waals surface area contributed by atoms with Crippen LogP contribution in [0, 0.1) is 0 Å². The molecule has 0 atom stereocenters. The standard InChI is InChI=1S/C13H19N3O2S/c1-2-8-14-13-7-6-12(11-15-13)19(17,18)16-9-4-3-5-10-16/h2,6-7,11H,1,3-5,8-10H2,(H,14,15). The van der Waals surface area contributed by atoms with Gasteiger partial charge in [0, 0.05) is 25.8 Å². The zero-order valence-corrected chi connectivity index (χ0v) is 11.7. The van der Waals surface area contributed by atoms with Crippen LogP contribution in [-0.2, 0) is 10.0 Å². The summed E-state index contributed by atoms with van der Waals surface area (Å²) in [7, 11) is -3.38. The van der Waals surface area contributed by atoms with Crippen molar-refractivity contribution >= 4 is 15.8 Å². The van der Waals surface area contributed by atoms with E-state index in [1.807, 2.05) is 0 Å². The normalized spacial score (nSPS) is 17.1. The van der Waals surface area contributed by atoms with Crippen LogP contribution in [0.5, 0.6) is 0 Å². The molecule has 2 rings (SSSR count). The summed E-state index contributed by atoms with van der Waals surface area (Å²) in [5.74, 6) is 0.650. The van der Waals surface area contributed by atoms with Gasteiger partial charge in [0.15, 0.2) is 0 Å². The van der Waals surface area contributed by atoms with E-state index in [-0.39, 0.29) is 4.90 Å². The molecule has 5 nitrogen and oxygen atoms in total. The van der Waals surface area contributed by atoms with Gasteiger partial charge in [0.25, 0.3) is 0 Å². The van der Waals surface area contributed by atoms with Crippen LogP contribution in [0.2, 0.25) is 0 Å². The lowest BCUT2D eigenvalue weighted by Gasteiger charge is -2.25. The number of hydrogen-bond donors (Lipinski definition) is 1. The van der Waals surface area contributed by atoms with Crippen LogP contribution in [0.25, 0.3) is 0 Å². The maximum atomic E-state index is 12.4. The predicted molar refractivity (Wildman–Crippen MR) is 75.5 cm³/mol. The molecule has 1 aliphatic rings. The Hall–Kier alpha value is -1.40. The zero-order valence-electron chi connectivity index (χ0n) is 10.9. The molecule has 0 bridgehead atoms. The molecule has 0 aromatic carbocycles. The number of piperidine rings is 1. The van der Waals surface area contributed by atoms with E-state index < -0.39 is 10.0 Å². The van der Waals surface area contributed by atoms with E-state index in [1.165, 1.54) is 6.20 Å². The van der Waals surface area contributed by atoms with Gasteiger partial charge in [-0.25, -0.2) is 13.4 Å². The Balaban J connectivity index is 2.13. The molecule has 1 aromatic rings. The van der Waals surface area contributed by atoms with Crippen LogP contribution in [0.4, 0.5) is 5.82 Å². The molecule has 2 heterocycles. The molecule has 6 heteroatoms. The summed E-state index contributed by atoms with van der Waals surface area (Å²) in [5, 5.41) is 3.01. The van der Waals surface area contributed by atoms with Gasteiger partial charge in [-0.2, -0.15) is 4.31 Å². The third-order valence-corrected chi connectivity index (χ3v) is 5.00. The average molecular weight is 281 g/mol. The van der Waals surface area contributed by atoms with Crippen molar-refractivity contribution in [1.29, 1.82) is 0 Å². The van der Waals surface area contributed by atoms with Crippen LogP contribution < -0.4 is 5.32 Å². The molecule has 0 spiro atoms. The number of sulfonamides is 1. The molecule has 0 unspecified atom stereocenters. The Morgan fingerprint density at radius 2 is 2.05 bits per heavy atom. The smallest absolute Gasteiger partial charge is 0.244 e. The van der Waals surface area contributed by atoms with Crippen molar-refractivity contribution in [3.63, 3.8) is 0 Å². The first kappa shape index (κ1) is 14.0. The first-order chi connectivity index (χ1) is 9.14. The number of nitrogens with one attached hydrogen (secondary N) is 1. The van der Waals surface area contributed by atoms with Crippen molar-refractivity contribution in [3.05, 3.63) is 31.0 Å². The molecule has 0 amide bonds. The second-order valence-corrected chi connectivity index (χ2v) is 6.45. The van der Waals surface area contributed by atoms with Crippen molar-refractivity contribution in [2.75, 3.05) is 25.0 Å². The highest BCUT2D eigenvalue weighted by Crippen LogP contribution is 2.20. The third-order valence-electron chi connectivity index (χ3n) is 3.12. The van der Waals surface area contributed by atoms with E-state index in [9.17, 15) is 8.42 Å². The van der Waals surface area contributed by atoms with Crippen molar-refractivity contribution in [2.24, 2.45) is 0 Å². The van der Waals surface area contributed by atoms with Gasteiger partial charge in [0.2, 0.25) is 10.0 Å². The van der Waals surface area contributed by atoms with Gasteiger partial charge in [0.1, 0.15) is 10.7 Å². The van der Waals surface area contributed by atoms with Gasteiger partial charge in [-0.1, -0.05) is 12.5 Å². The number of hydrogen-bond acceptors (Lipinski definition) is 4. The molecule has 0 radical (unpaired) electrons. The second kappa shape index (κ2) is 6.16. The van der Waals surface area contributed by atoms with Gasteiger partial charge in [-0.15, -0.1) is 6.58 Å². The number of anilines is 1. The molecule has 0 saturated carbocycles. The number of rotatable bonds is 5.